The van der Waals surface area contributed by atoms with Gasteiger partial charge in [0, 0.05) is 39.7 Å². The summed E-state index contributed by atoms with van der Waals surface area (Å²) >= 11 is 0. The van der Waals surface area contributed by atoms with Gasteiger partial charge in [-0.05, 0) is 57.0 Å². The molecule has 0 saturated carbocycles. The van der Waals surface area contributed by atoms with Crippen molar-refractivity contribution in [2.45, 2.75) is 160 Å². The van der Waals surface area contributed by atoms with Crippen molar-refractivity contribution < 1.29 is 62.2 Å². The molecule has 9 atom stereocenters. The van der Waals surface area contributed by atoms with Gasteiger partial charge in [0.15, 0.2) is 27.0 Å². The maximum absolute atomic E-state index is 12.5. The summed E-state index contributed by atoms with van der Waals surface area (Å²) in [4.78, 5) is 48.0. The zero-order valence-electron chi connectivity index (χ0n) is 29.4. The second-order valence-electron chi connectivity index (χ2n) is 14.9. The summed E-state index contributed by atoms with van der Waals surface area (Å²) in [5, 5.41) is 19.0. The number of carboxylic acid groups (broad SMARTS) is 2. The number of carbonyl (C=O) groups is 4. The molecule has 2 unspecified atom stereocenters. The molecule has 0 aliphatic carbocycles. The van der Waals surface area contributed by atoms with Crippen LogP contribution in [0.2, 0.25) is 11.1 Å². The largest absolute Gasteiger partial charge is 0.481 e. The highest BCUT2D eigenvalue weighted by molar-refractivity contribution is 6.55. The fourth-order valence-corrected chi connectivity index (χ4v) is 9.88. The molecule has 3 heterocycles. The predicted octanol–water partition coefficient (Wildman–Crippen LogP) is 4.23. The smallest absolute Gasteiger partial charge is 0.311 e. The van der Waals surface area contributed by atoms with Crippen LogP contribution in [0.15, 0.2) is 0 Å². The fourth-order valence-electron chi connectivity index (χ4n) is 7.02. The van der Waals surface area contributed by atoms with Crippen molar-refractivity contribution in [3.05, 3.63) is 0 Å². The van der Waals surface area contributed by atoms with Crippen molar-refractivity contribution in [2.24, 2.45) is 11.3 Å². The number of rotatable bonds is 16. The number of carbonyl (C=O) groups excluding carboxylic acids is 2. The third-order valence-corrected chi connectivity index (χ3v) is 12.5. The average molecular weight is 689 g/mol. The van der Waals surface area contributed by atoms with Crippen LogP contribution in [0, 0.1) is 11.3 Å². The highest BCUT2D eigenvalue weighted by Crippen LogP contribution is 2.49. The summed E-state index contributed by atoms with van der Waals surface area (Å²) in [7, 11) is -0.381. The van der Waals surface area contributed by atoms with Crippen LogP contribution in [0.1, 0.15) is 100 Å². The monoisotopic (exact) mass is 688 g/mol. The minimum Gasteiger partial charge on any atom is -0.481 e. The molecule has 270 valence electrons. The Bertz CT molecular complexity index is 1080. The molecule has 47 heavy (non-hydrogen) atoms. The van der Waals surface area contributed by atoms with E-state index < -0.39 is 80.7 Å². The molecule has 3 aliphatic rings. The van der Waals surface area contributed by atoms with E-state index in [0.29, 0.717) is 19.3 Å². The van der Waals surface area contributed by atoms with Gasteiger partial charge in [-0.15, -0.1) is 0 Å². The lowest BCUT2D eigenvalue weighted by Gasteiger charge is -2.53. The Labute approximate surface area is 280 Å². The van der Waals surface area contributed by atoms with E-state index >= 15 is 0 Å². The Morgan fingerprint density at radius 2 is 1.64 bits per heavy atom. The van der Waals surface area contributed by atoms with Crippen molar-refractivity contribution in [3.63, 3.8) is 0 Å². The topological polar surface area (TPSA) is 173 Å². The van der Waals surface area contributed by atoms with E-state index in [1.54, 1.807) is 20.8 Å². The summed E-state index contributed by atoms with van der Waals surface area (Å²) < 4.78 is 44.4. The number of carboxylic acids is 2. The van der Waals surface area contributed by atoms with Gasteiger partial charge in [0.1, 0.15) is 12.2 Å². The average Bonchev–Trinajstić information content (AvgIpc) is 3.28. The molecule has 0 aromatic rings. The standard InChI is InChI=1S/C33H56O13Si/c1-18(2)47(19(3)4)46-26-23(16-21(17-25(37)38)10-11-24(35)36)44-27-28(26)45-33(40-9)14-12-22(13-15-41-31(39)32(6,7)8)43-30(33)29(27)42-20(5)34/h18-19,21-23,26-30,47H,10-17H2,1-9H3,(H,35,36)(H,37,38)/t21?,22-,23-,26+,27-,28+,29+,30-,33?/m1/s1. The minimum absolute atomic E-state index is 0.155. The van der Waals surface area contributed by atoms with E-state index in [0.717, 1.165) is 0 Å². The van der Waals surface area contributed by atoms with E-state index in [4.69, 9.17) is 32.8 Å². The molecule has 0 radical (unpaired) electrons. The molecule has 14 heteroatoms. The molecule has 3 rings (SSSR count). The highest BCUT2D eigenvalue weighted by Gasteiger charge is 2.65. The third-order valence-electron chi connectivity index (χ3n) is 9.25. The zero-order valence-corrected chi connectivity index (χ0v) is 30.5. The van der Waals surface area contributed by atoms with Gasteiger partial charge in [-0.2, -0.15) is 0 Å². The summed E-state index contributed by atoms with van der Waals surface area (Å²) in [5.41, 5.74) is -0.107. The van der Waals surface area contributed by atoms with Crippen LogP contribution in [0.4, 0.5) is 0 Å². The van der Waals surface area contributed by atoms with Crippen LogP contribution in [0.5, 0.6) is 0 Å². The van der Waals surface area contributed by atoms with Gasteiger partial charge in [-0.25, -0.2) is 0 Å². The number of ether oxygens (including phenoxy) is 6. The van der Waals surface area contributed by atoms with E-state index in [1.807, 2.05) is 0 Å². The second-order valence-corrected chi connectivity index (χ2v) is 18.8. The van der Waals surface area contributed by atoms with E-state index in [1.165, 1.54) is 14.0 Å². The molecule has 0 aromatic heterocycles. The van der Waals surface area contributed by atoms with Crippen molar-refractivity contribution in [3.8, 4) is 0 Å². The molecular weight excluding hydrogens is 632 g/mol. The molecule has 2 N–H and O–H groups in total. The first-order valence-corrected chi connectivity index (χ1v) is 18.7. The first kappa shape index (κ1) is 39.3. The Balaban J connectivity index is 1.95. The number of methoxy groups -OCH3 is 1. The highest BCUT2D eigenvalue weighted by atomic mass is 28.3. The maximum atomic E-state index is 12.5. The molecule has 3 fully saturated rings. The fraction of sp³-hybridized carbons (Fsp3) is 0.879. The normalized spacial score (nSPS) is 31.4. The van der Waals surface area contributed by atoms with Gasteiger partial charge < -0.3 is 43.1 Å². The van der Waals surface area contributed by atoms with Gasteiger partial charge in [0.05, 0.1) is 30.3 Å². The van der Waals surface area contributed by atoms with Crippen LogP contribution in [0.3, 0.4) is 0 Å². The van der Waals surface area contributed by atoms with E-state index in [-0.39, 0.29) is 55.4 Å². The number of hydrogen-bond acceptors (Lipinski definition) is 11. The first-order chi connectivity index (χ1) is 21.9. The van der Waals surface area contributed by atoms with Gasteiger partial charge in [-0.1, -0.05) is 27.7 Å². The molecule has 13 nitrogen and oxygen atoms in total. The number of fused-ring (bicyclic) bond motifs is 2. The second kappa shape index (κ2) is 16.5. The van der Waals surface area contributed by atoms with Crippen molar-refractivity contribution >= 4 is 32.9 Å². The van der Waals surface area contributed by atoms with E-state index in [2.05, 4.69) is 27.7 Å². The Hall–Kier alpha value is -2.10. The maximum Gasteiger partial charge on any atom is 0.311 e. The number of esters is 2. The molecule has 0 amide bonds. The molecular formula is C33H56O13Si. The number of hydrogen-bond donors (Lipinski definition) is 2. The Morgan fingerprint density at radius 1 is 0.979 bits per heavy atom. The quantitative estimate of drug-likeness (QED) is 0.174. The predicted molar refractivity (Wildman–Crippen MR) is 171 cm³/mol. The lowest BCUT2D eigenvalue weighted by molar-refractivity contribution is -0.382. The Morgan fingerprint density at radius 3 is 2.17 bits per heavy atom. The molecule has 0 bridgehead atoms. The molecule has 3 saturated heterocycles. The lowest BCUT2D eigenvalue weighted by Crippen LogP contribution is -2.69. The molecule has 0 spiro atoms. The summed E-state index contributed by atoms with van der Waals surface area (Å²) in [6, 6.07) is 0. The van der Waals surface area contributed by atoms with Crippen molar-refractivity contribution in [1.82, 2.24) is 0 Å². The van der Waals surface area contributed by atoms with Crippen LogP contribution in [-0.2, 0) is 52.0 Å². The van der Waals surface area contributed by atoms with Gasteiger partial charge >= 0.3 is 23.9 Å². The lowest BCUT2D eigenvalue weighted by atomic mass is 9.84. The summed E-state index contributed by atoms with van der Waals surface area (Å²) in [6.45, 7) is 15.3. The van der Waals surface area contributed by atoms with Gasteiger partial charge in [0.2, 0.25) is 0 Å². The first-order valence-electron chi connectivity index (χ1n) is 16.9. The number of aliphatic carboxylic acids is 2. The van der Waals surface area contributed by atoms with Crippen LogP contribution in [0.25, 0.3) is 0 Å². The van der Waals surface area contributed by atoms with Crippen LogP contribution >= 0.6 is 0 Å². The molecule has 0 aromatic carbocycles. The Kier molecular flexibility index (Phi) is 13.8. The van der Waals surface area contributed by atoms with E-state index in [9.17, 15) is 29.4 Å². The minimum atomic E-state index is -1.90. The van der Waals surface area contributed by atoms with Crippen molar-refractivity contribution in [1.29, 1.82) is 0 Å². The van der Waals surface area contributed by atoms with Gasteiger partial charge in [0.25, 0.3) is 0 Å². The summed E-state index contributed by atoms with van der Waals surface area (Å²) in [6.07, 6.45) is -3.69. The van der Waals surface area contributed by atoms with Gasteiger partial charge in [-0.3, -0.25) is 19.2 Å². The molecule has 3 aliphatic heterocycles. The zero-order chi connectivity index (χ0) is 35.3. The van der Waals surface area contributed by atoms with Crippen LogP contribution in [-0.4, -0.2) is 105 Å². The third kappa shape index (κ3) is 10.2. The SMILES string of the molecule is COC12CC[C@H](CCOC(=O)C(C)(C)C)O[C@@H]1[C@@H](OC(C)=O)[C@@H]1O[C@H](CC(CCC(=O)O)CC(=O)O)[C@H](O[SiH](C(C)C)C(C)C)[C@@H]1O2. The van der Waals surface area contributed by atoms with Crippen molar-refractivity contribution in [2.75, 3.05) is 13.7 Å². The van der Waals surface area contributed by atoms with Crippen LogP contribution < -0.4 is 0 Å². The summed E-state index contributed by atoms with van der Waals surface area (Å²) in [5.74, 6) is -4.69.